The molecule has 18 heavy (non-hydrogen) atoms. The molecule has 1 N–H and O–H groups in total. The van der Waals surface area contributed by atoms with Crippen molar-refractivity contribution in [2.75, 3.05) is 18.8 Å². The molecular formula is C16H23NS. The number of aryl methyl sites for hydroxylation is 2. The summed E-state index contributed by atoms with van der Waals surface area (Å²) in [5.41, 5.74) is 3.17. The molecule has 2 aliphatic rings. The topological polar surface area (TPSA) is 12.0 Å². The molecule has 0 spiro atoms. The van der Waals surface area contributed by atoms with Crippen molar-refractivity contribution >= 4 is 11.8 Å². The average molecular weight is 261 g/mol. The normalized spacial score (nSPS) is 20.7. The molecule has 1 aromatic rings. The van der Waals surface area contributed by atoms with Gasteiger partial charge >= 0.3 is 0 Å². The molecule has 0 atom stereocenters. The Kier molecular flexibility index (Phi) is 4.27. The number of hydrogen-bond acceptors (Lipinski definition) is 2. The molecule has 1 saturated heterocycles. The van der Waals surface area contributed by atoms with E-state index in [1.165, 1.54) is 62.3 Å². The van der Waals surface area contributed by atoms with Gasteiger partial charge in [-0.15, -0.1) is 11.8 Å². The molecule has 0 saturated carbocycles. The number of benzene rings is 1. The van der Waals surface area contributed by atoms with Gasteiger partial charge < -0.3 is 5.32 Å². The summed E-state index contributed by atoms with van der Waals surface area (Å²) in [6.07, 6.45) is 8.07. The van der Waals surface area contributed by atoms with Crippen LogP contribution >= 0.6 is 11.8 Å². The predicted octanol–water partition coefficient (Wildman–Crippen LogP) is 3.66. The van der Waals surface area contributed by atoms with Gasteiger partial charge in [0.1, 0.15) is 0 Å². The zero-order chi connectivity index (χ0) is 12.2. The molecule has 2 heteroatoms. The second-order valence-corrected chi connectivity index (χ2v) is 6.76. The summed E-state index contributed by atoms with van der Waals surface area (Å²) in [6, 6.07) is 7.19. The molecule has 2 aliphatic heterocycles. The molecule has 3 rings (SSSR count). The monoisotopic (exact) mass is 261 g/mol. The second kappa shape index (κ2) is 6.12. The van der Waals surface area contributed by atoms with Gasteiger partial charge in [-0.1, -0.05) is 12.1 Å². The first-order valence-corrected chi connectivity index (χ1v) is 8.36. The maximum Gasteiger partial charge on any atom is 0.0104 e. The molecular weight excluding hydrogens is 238 g/mol. The molecule has 0 amide bonds. The Balaban J connectivity index is 1.58. The van der Waals surface area contributed by atoms with Crippen LogP contribution in [0.4, 0.5) is 0 Å². The van der Waals surface area contributed by atoms with Crippen molar-refractivity contribution in [2.24, 2.45) is 5.92 Å². The number of fused-ring (bicyclic) bond motifs is 1. The highest BCUT2D eigenvalue weighted by atomic mass is 32.2. The Morgan fingerprint density at radius 3 is 3.00 bits per heavy atom. The van der Waals surface area contributed by atoms with Crippen molar-refractivity contribution in [3.8, 4) is 0 Å². The maximum atomic E-state index is 3.45. The zero-order valence-corrected chi connectivity index (χ0v) is 11.9. The quantitative estimate of drug-likeness (QED) is 0.891. The molecule has 0 aliphatic carbocycles. The second-order valence-electron chi connectivity index (χ2n) is 5.63. The predicted molar refractivity (Wildman–Crippen MR) is 79.4 cm³/mol. The summed E-state index contributed by atoms with van der Waals surface area (Å²) in [5, 5.41) is 3.45. The van der Waals surface area contributed by atoms with E-state index < -0.39 is 0 Å². The number of nitrogens with one attached hydrogen (secondary N) is 1. The van der Waals surface area contributed by atoms with E-state index in [1.807, 2.05) is 11.8 Å². The number of piperidine rings is 1. The lowest BCUT2D eigenvalue weighted by Gasteiger charge is -2.23. The summed E-state index contributed by atoms with van der Waals surface area (Å²) in [5.74, 6) is 2.26. The van der Waals surface area contributed by atoms with Crippen molar-refractivity contribution in [1.29, 1.82) is 0 Å². The van der Waals surface area contributed by atoms with E-state index in [1.54, 1.807) is 11.1 Å². The van der Waals surface area contributed by atoms with Crippen LogP contribution in [-0.4, -0.2) is 18.8 Å². The minimum atomic E-state index is 0.955. The third-order valence-corrected chi connectivity index (χ3v) is 5.47. The number of hydrogen-bond donors (Lipinski definition) is 1. The first kappa shape index (κ1) is 12.6. The third kappa shape index (κ3) is 3.10. The smallest absolute Gasteiger partial charge is 0.0104 e. The third-order valence-electron chi connectivity index (χ3n) is 4.27. The summed E-state index contributed by atoms with van der Waals surface area (Å²) in [6.45, 7) is 2.46. The van der Waals surface area contributed by atoms with Gasteiger partial charge in [0.05, 0.1) is 0 Å². The summed E-state index contributed by atoms with van der Waals surface area (Å²) in [4.78, 5) is 1.53. The Bertz CT molecular complexity index is 396. The molecule has 1 aromatic carbocycles. The molecule has 2 heterocycles. The lowest BCUT2D eigenvalue weighted by molar-refractivity contribution is 0.354. The minimum absolute atomic E-state index is 0.955. The highest BCUT2D eigenvalue weighted by Crippen LogP contribution is 2.31. The fourth-order valence-electron chi connectivity index (χ4n) is 3.11. The Morgan fingerprint density at radius 2 is 2.11 bits per heavy atom. The van der Waals surface area contributed by atoms with Crippen LogP contribution in [-0.2, 0) is 12.8 Å². The Hall–Kier alpha value is -0.470. The first-order chi connectivity index (χ1) is 8.92. The van der Waals surface area contributed by atoms with Gasteiger partial charge in [-0.3, -0.25) is 0 Å². The maximum absolute atomic E-state index is 3.45. The molecule has 0 bridgehead atoms. The van der Waals surface area contributed by atoms with Gasteiger partial charge in [0.25, 0.3) is 0 Å². The Labute approximate surface area is 115 Å². The van der Waals surface area contributed by atoms with Crippen LogP contribution in [0.1, 0.15) is 36.8 Å². The average Bonchev–Trinajstić information content (AvgIpc) is 2.46. The van der Waals surface area contributed by atoms with E-state index in [2.05, 4.69) is 23.5 Å². The van der Waals surface area contributed by atoms with Gasteiger partial charge in [-0.25, -0.2) is 0 Å². The molecule has 1 nitrogen and oxygen atoms in total. The summed E-state index contributed by atoms with van der Waals surface area (Å²) < 4.78 is 0. The van der Waals surface area contributed by atoms with Crippen molar-refractivity contribution in [3.63, 3.8) is 0 Å². The van der Waals surface area contributed by atoms with Gasteiger partial charge in [0, 0.05) is 4.90 Å². The molecule has 98 valence electrons. The van der Waals surface area contributed by atoms with Crippen LogP contribution in [0.5, 0.6) is 0 Å². The Morgan fingerprint density at radius 1 is 1.22 bits per heavy atom. The number of thioether (sulfide) groups is 1. The van der Waals surface area contributed by atoms with E-state index >= 15 is 0 Å². The SMILES string of the molecule is c1cc2c(cc1CCC1CCNCC1)CCCS2. The van der Waals surface area contributed by atoms with E-state index in [0.29, 0.717) is 0 Å². The van der Waals surface area contributed by atoms with E-state index in [4.69, 9.17) is 0 Å². The molecule has 0 unspecified atom stereocenters. The standard InChI is InChI=1S/C16H23NS/c1-2-15-12-14(5-6-16(15)18-11-1)4-3-13-7-9-17-10-8-13/h5-6,12-13,17H,1-4,7-11H2. The fraction of sp³-hybridized carbons (Fsp3) is 0.625. The number of rotatable bonds is 3. The minimum Gasteiger partial charge on any atom is -0.317 e. The van der Waals surface area contributed by atoms with Crippen LogP contribution in [0.2, 0.25) is 0 Å². The van der Waals surface area contributed by atoms with E-state index in [9.17, 15) is 0 Å². The van der Waals surface area contributed by atoms with E-state index in [0.717, 1.165) is 5.92 Å². The van der Waals surface area contributed by atoms with Gasteiger partial charge in [-0.05, 0) is 80.5 Å². The van der Waals surface area contributed by atoms with Crippen LogP contribution in [0.3, 0.4) is 0 Å². The molecule has 0 aromatic heterocycles. The largest absolute Gasteiger partial charge is 0.317 e. The van der Waals surface area contributed by atoms with Crippen LogP contribution in [0.15, 0.2) is 23.1 Å². The summed E-state index contributed by atoms with van der Waals surface area (Å²) >= 11 is 2.04. The van der Waals surface area contributed by atoms with Crippen molar-refractivity contribution in [3.05, 3.63) is 29.3 Å². The van der Waals surface area contributed by atoms with Gasteiger partial charge in [0.15, 0.2) is 0 Å². The molecule has 1 fully saturated rings. The van der Waals surface area contributed by atoms with Gasteiger partial charge in [-0.2, -0.15) is 0 Å². The lowest BCUT2D eigenvalue weighted by atomic mass is 9.91. The van der Waals surface area contributed by atoms with Gasteiger partial charge in [0.2, 0.25) is 0 Å². The van der Waals surface area contributed by atoms with E-state index in [-0.39, 0.29) is 0 Å². The van der Waals surface area contributed by atoms with Crippen LogP contribution < -0.4 is 5.32 Å². The van der Waals surface area contributed by atoms with Crippen LogP contribution in [0, 0.1) is 5.92 Å². The lowest BCUT2D eigenvalue weighted by Crippen LogP contribution is -2.27. The van der Waals surface area contributed by atoms with Crippen LogP contribution in [0.25, 0.3) is 0 Å². The highest BCUT2D eigenvalue weighted by Gasteiger charge is 2.14. The highest BCUT2D eigenvalue weighted by molar-refractivity contribution is 7.99. The fourth-order valence-corrected chi connectivity index (χ4v) is 4.13. The van der Waals surface area contributed by atoms with Crippen molar-refractivity contribution < 1.29 is 0 Å². The van der Waals surface area contributed by atoms with Crippen molar-refractivity contribution in [2.45, 2.75) is 43.4 Å². The van der Waals surface area contributed by atoms with Crippen molar-refractivity contribution in [1.82, 2.24) is 5.32 Å². The first-order valence-electron chi connectivity index (χ1n) is 7.37. The summed E-state index contributed by atoms with van der Waals surface area (Å²) in [7, 11) is 0. The molecule has 0 radical (unpaired) electrons. The zero-order valence-electron chi connectivity index (χ0n) is 11.1.